The summed E-state index contributed by atoms with van der Waals surface area (Å²) in [7, 11) is 0. The van der Waals surface area contributed by atoms with E-state index in [4.69, 9.17) is 9.84 Å². The predicted molar refractivity (Wildman–Crippen MR) is 80.6 cm³/mol. The van der Waals surface area contributed by atoms with E-state index in [9.17, 15) is 14.0 Å². The minimum atomic E-state index is -1.02. The van der Waals surface area contributed by atoms with Crippen LogP contribution in [0.15, 0.2) is 30.5 Å². The first-order valence-electron chi connectivity index (χ1n) is 7.29. The zero-order chi connectivity index (χ0) is 17.4. The molecule has 0 saturated carbocycles. The smallest absolute Gasteiger partial charge is 0.325 e. The van der Waals surface area contributed by atoms with Crippen molar-refractivity contribution in [3.63, 3.8) is 0 Å². The maximum absolute atomic E-state index is 13.3. The van der Waals surface area contributed by atoms with E-state index in [-0.39, 0.29) is 37.8 Å². The molecule has 1 aromatic carbocycles. The lowest BCUT2D eigenvalue weighted by Crippen LogP contribution is -2.23. The Balaban J connectivity index is 1.64. The van der Waals surface area contributed by atoms with Crippen molar-refractivity contribution in [1.82, 2.24) is 20.3 Å². The summed E-state index contributed by atoms with van der Waals surface area (Å²) in [6.07, 6.45) is 2.11. The van der Waals surface area contributed by atoms with Gasteiger partial charge in [-0.25, -0.2) is 9.07 Å². The summed E-state index contributed by atoms with van der Waals surface area (Å²) in [6, 6.07) is 6.07. The molecule has 0 radical (unpaired) electrons. The minimum Gasteiger partial charge on any atom is -0.491 e. The first kappa shape index (κ1) is 17.4. The standard InChI is InChI=1S/C15H17FN4O4/c16-12-4-1-2-5-13(12)24-7-3-6-14(21)17-8-11-9-20(19-18-11)10-15(22)23/h1-2,4-5,9H,3,6-8,10H2,(H,17,21)(H,22,23). The van der Waals surface area contributed by atoms with Gasteiger partial charge in [-0.05, 0) is 18.6 Å². The third-order valence-corrected chi connectivity index (χ3v) is 2.99. The molecule has 0 atom stereocenters. The molecule has 0 spiro atoms. The summed E-state index contributed by atoms with van der Waals surface area (Å²) in [4.78, 5) is 22.2. The molecule has 0 fully saturated rings. The van der Waals surface area contributed by atoms with Crippen LogP contribution in [0.2, 0.25) is 0 Å². The summed E-state index contributed by atoms with van der Waals surface area (Å²) in [5.74, 6) is -1.51. The van der Waals surface area contributed by atoms with Crippen LogP contribution in [0.3, 0.4) is 0 Å². The number of amides is 1. The second-order valence-corrected chi connectivity index (χ2v) is 4.96. The van der Waals surface area contributed by atoms with Gasteiger partial charge in [0.1, 0.15) is 12.2 Å². The molecule has 0 bridgehead atoms. The molecule has 1 heterocycles. The van der Waals surface area contributed by atoms with Crippen LogP contribution in [0.5, 0.6) is 5.75 Å². The third-order valence-electron chi connectivity index (χ3n) is 2.99. The normalized spacial score (nSPS) is 10.4. The summed E-state index contributed by atoms with van der Waals surface area (Å²) >= 11 is 0. The molecule has 24 heavy (non-hydrogen) atoms. The number of carboxylic acids is 1. The maximum Gasteiger partial charge on any atom is 0.325 e. The van der Waals surface area contributed by atoms with Gasteiger partial charge in [-0.15, -0.1) is 5.10 Å². The summed E-state index contributed by atoms with van der Waals surface area (Å²) in [6.45, 7) is 0.101. The molecule has 0 saturated heterocycles. The molecule has 9 heteroatoms. The van der Waals surface area contributed by atoms with Crippen molar-refractivity contribution in [2.24, 2.45) is 0 Å². The van der Waals surface area contributed by atoms with Crippen LogP contribution in [0.25, 0.3) is 0 Å². The van der Waals surface area contributed by atoms with Gasteiger partial charge in [0.2, 0.25) is 5.91 Å². The number of aliphatic carboxylic acids is 1. The van der Waals surface area contributed by atoms with Crippen LogP contribution < -0.4 is 10.1 Å². The molecular weight excluding hydrogens is 319 g/mol. The maximum atomic E-state index is 13.3. The van der Waals surface area contributed by atoms with Gasteiger partial charge in [-0.3, -0.25) is 9.59 Å². The van der Waals surface area contributed by atoms with Gasteiger partial charge < -0.3 is 15.2 Å². The van der Waals surface area contributed by atoms with Crippen LogP contribution in [0, 0.1) is 5.82 Å². The Morgan fingerprint density at radius 3 is 2.88 bits per heavy atom. The second kappa shape index (κ2) is 8.61. The Morgan fingerprint density at radius 1 is 1.33 bits per heavy atom. The number of nitrogens with zero attached hydrogens (tertiary/aromatic N) is 3. The number of para-hydroxylation sites is 1. The van der Waals surface area contributed by atoms with Gasteiger partial charge in [0.15, 0.2) is 11.6 Å². The Hall–Kier alpha value is -2.97. The van der Waals surface area contributed by atoms with E-state index in [2.05, 4.69) is 15.6 Å². The molecule has 2 N–H and O–H groups in total. The van der Waals surface area contributed by atoms with Crippen LogP contribution in [-0.4, -0.2) is 38.6 Å². The van der Waals surface area contributed by atoms with Crippen LogP contribution in [0.4, 0.5) is 4.39 Å². The highest BCUT2D eigenvalue weighted by atomic mass is 19.1. The Labute approximate surface area is 137 Å². The number of halogens is 1. The molecule has 2 rings (SSSR count). The molecule has 0 aliphatic rings. The first-order chi connectivity index (χ1) is 11.5. The van der Waals surface area contributed by atoms with Crippen molar-refractivity contribution in [1.29, 1.82) is 0 Å². The lowest BCUT2D eigenvalue weighted by Gasteiger charge is -2.07. The lowest BCUT2D eigenvalue weighted by molar-refractivity contribution is -0.138. The average Bonchev–Trinajstić information content (AvgIpc) is 2.98. The molecule has 1 amide bonds. The van der Waals surface area contributed by atoms with Crippen molar-refractivity contribution < 1.29 is 23.8 Å². The number of rotatable bonds is 9. The van der Waals surface area contributed by atoms with Crippen molar-refractivity contribution in [2.45, 2.75) is 25.9 Å². The number of aromatic nitrogens is 3. The number of carboxylic acid groups (broad SMARTS) is 1. The molecule has 0 aliphatic carbocycles. The highest BCUT2D eigenvalue weighted by Crippen LogP contribution is 2.15. The molecule has 2 aromatic rings. The topological polar surface area (TPSA) is 106 Å². The van der Waals surface area contributed by atoms with Crippen molar-refractivity contribution in [3.8, 4) is 5.75 Å². The predicted octanol–water partition coefficient (Wildman–Crippen LogP) is 0.977. The van der Waals surface area contributed by atoms with E-state index in [1.165, 1.54) is 23.0 Å². The van der Waals surface area contributed by atoms with Gasteiger partial charge in [0.05, 0.1) is 19.3 Å². The number of carbonyl (C=O) groups excluding carboxylic acids is 1. The summed E-state index contributed by atoms with van der Waals surface area (Å²) < 4.78 is 19.7. The second-order valence-electron chi connectivity index (χ2n) is 4.96. The monoisotopic (exact) mass is 336 g/mol. The lowest BCUT2D eigenvalue weighted by atomic mass is 10.3. The van der Waals surface area contributed by atoms with E-state index >= 15 is 0 Å². The van der Waals surface area contributed by atoms with E-state index in [1.807, 2.05) is 0 Å². The van der Waals surface area contributed by atoms with Gasteiger partial charge in [-0.2, -0.15) is 0 Å². The fourth-order valence-corrected chi connectivity index (χ4v) is 1.89. The van der Waals surface area contributed by atoms with Gasteiger partial charge in [0.25, 0.3) is 0 Å². The van der Waals surface area contributed by atoms with E-state index in [0.717, 1.165) is 0 Å². The van der Waals surface area contributed by atoms with E-state index < -0.39 is 11.8 Å². The fourth-order valence-electron chi connectivity index (χ4n) is 1.89. The molecule has 8 nitrogen and oxygen atoms in total. The summed E-state index contributed by atoms with van der Waals surface area (Å²) in [5, 5.41) is 18.7. The highest BCUT2D eigenvalue weighted by molar-refractivity contribution is 5.75. The number of ether oxygens (including phenoxy) is 1. The Bertz CT molecular complexity index is 704. The van der Waals surface area contributed by atoms with E-state index in [1.54, 1.807) is 12.1 Å². The number of carbonyl (C=O) groups is 2. The van der Waals surface area contributed by atoms with Crippen molar-refractivity contribution >= 4 is 11.9 Å². The molecule has 0 aliphatic heterocycles. The molecular formula is C15H17FN4O4. The van der Waals surface area contributed by atoms with Crippen LogP contribution >= 0.6 is 0 Å². The van der Waals surface area contributed by atoms with Crippen molar-refractivity contribution in [2.75, 3.05) is 6.61 Å². The Morgan fingerprint density at radius 2 is 2.12 bits per heavy atom. The molecule has 0 unspecified atom stereocenters. The minimum absolute atomic E-state index is 0.159. The zero-order valence-electron chi connectivity index (χ0n) is 12.8. The summed E-state index contributed by atoms with van der Waals surface area (Å²) in [5.41, 5.74) is 0.465. The van der Waals surface area contributed by atoms with Crippen LogP contribution in [-0.2, 0) is 22.7 Å². The van der Waals surface area contributed by atoms with E-state index in [0.29, 0.717) is 12.1 Å². The zero-order valence-corrected chi connectivity index (χ0v) is 12.8. The Kier molecular flexibility index (Phi) is 6.23. The molecule has 1 aromatic heterocycles. The van der Waals surface area contributed by atoms with Gasteiger partial charge in [-0.1, -0.05) is 17.3 Å². The number of benzene rings is 1. The number of hydrogen-bond acceptors (Lipinski definition) is 5. The average molecular weight is 336 g/mol. The first-order valence-corrected chi connectivity index (χ1v) is 7.29. The fraction of sp³-hybridized carbons (Fsp3) is 0.333. The van der Waals surface area contributed by atoms with Gasteiger partial charge in [0, 0.05) is 6.42 Å². The van der Waals surface area contributed by atoms with Crippen LogP contribution in [0.1, 0.15) is 18.5 Å². The van der Waals surface area contributed by atoms with Crippen molar-refractivity contribution in [3.05, 3.63) is 42.0 Å². The number of hydrogen-bond donors (Lipinski definition) is 2. The number of nitrogens with one attached hydrogen (secondary N) is 1. The third kappa shape index (κ3) is 5.67. The quantitative estimate of drug-likeness (QED) is 0.661. The highest BCUT2D eigenvalue weighted by Gasteiger charge is 2.07. The van der Waals surface area contributed by atoms with Gasteiger partial charge >= 0.3 is 5.97 Å². The SMILES string of the molecule is O=C(O)Cn1cc(CNC(=O)CCCOc2ccccc2F)nn1. The largest absolute Gasteiger partial charge is 0.491 e. The molecule has 128 valence electrons.